The number of benzene rings is 1. The number of carboxylic acids is 1. The van der Waals surface area contributed by atoms with Gasteiger partial charge in [0.2, 0.25) is 10.0 Å². The molecular formula is C14H17NO4S. The van der Waals surface area contributed by atoms with Gasteiger partial charge in [0, 0.05) is 6.42 Å². The molecule has 2 N–H and O–H groups in total. The number of aryl methyl sites for hydroxylation is 1. The second-order valence-corrected chi connectivity index (χ2v) is 6.59. The van der Waals surface area contributed by atoms with Gasteiger partial charge in [-0.25, -0.2) is 8.42 Å². The molecule has 0 bridgehead atoms. The number of terminal acetylenes is 1. The monoisotopic (exact) mass is 295 g/mol. The molecule has 0 aliphatic rings. The van der Waals surface area contributed by atoms with Crippen molar-refractivity contribution in [1.82, 2.24) is 4.72 Å². The van der Waals surface area contributed by atoms with Gasteiger partial charge in [0.1, 0.15) is 0 Å². The molecule has 0 saturated carbocycles. The van der Waals surface area contributed by atoms with Crippen LogP contribution in [0.3, 0.4) is 0 Å². The minimum atomic E-state index is -3.69. The molecule has 0 aliphatic heterocycles. The smallest absolute Gasteiger partial charge is 0.303 e. The van der Waals surface area contributed by atoms with Crippen LogP contribution >= 0.6 is 0 Å². The highest BCUT2D eigenvalue weighted by molar-refractivity contribution is 7.89. The highest BCUT2D eigenvalue weighted by Crippen LogP contribution is 2.14. The topological polar surface area (TPSA) is 83.5 Å². The number of nitrogens with one attached hydrogen (secondary N) is 1. The first-order chi connectivity index (χ1) is 9.16. The second kappa shape index (κ2) is 6.07. The first-order valence-electron chi connectivity index (χ1n) is 5.99. The normalized spacial score (nSPS) is 11.8. The Morgan fingerprint density at radius 1 is 1.35 bits per heavy atom. The SMILES string of the molecule is C#CC(C)(C)NS(=O)(=O)c1ccc(CCC(=O)O)cc1. The van der Waals surface area contributed by atoms with Crippen LogP contribution < -0.4 is 4.72 Å². The molecule has 20 heavy (non-hydrogen) atoms. The van der Waals surface area contributed by atoms with Crippen LogP contribution in [0.4, 0.5) is 0 Å². The summed E-state index contributed by atoms with van der Waals surface area (Å²) in [6.07, 6.45) is 5.62. The zero-order valence-electron chi connectivity index (χ0n) is 11.4. The molecular weight excluding hydrogens is 278 g/mol. The number of hydrogen-bond acceptors (Lipinski definition) is 3. The fraction of sp³-hybridized carbons (Fsp3) is 0.357. The maximum absolute atomic E-state index is 12.1. The number of rotatable bonds is 6. The standard InChI is InChI=1S/C14H17NO4S/c1-4-14(2,3)15-20(18,19)12-8-5-11(6-9-12)7-10-13(16)17/h1,5-6,8-9,15H,7,10H2,2-3H3,(H,16,17). The second-order valence-electron chi connectivity index (χ2n) is 4.91. The predicted molar refractivity (Wildman–Crippen MR) is 75.6 cm³/mol. The van der Waals surface area contributed by atoms with Gasteiger partial charge in [0.05, 0.1) is 10.4 Å². The van der Waals surface area contributed by atoms with Crippen LogP contribution in [0.5, 0.6) is 0 Å². The number of carbonyl (C=O) groups is 1. The van der Waals surface area contributed by atoms with Crippen molar-refractivity contribution in [2.45, 2.75) is 37.1 Å². The molecule has 0 amide bonds. The number of aliphatic carboxylic acids is 1. The maximum atomic E-state index is 12.1. The summed E-state index contributed by atoms with van der Waals surface area (Å²) in [5.74, 6) is 1.47. The van der Waals surface area contributed by atoms with E-state index in [9.17, 15) is 13.2 Å². The predicted octanol–water partition coefficient (Wildman–Crippen LogP) is 1.39. The molecule has 0 aromatic heterocycles. The van der Waals surface area contributed by atoms with Crippen LogP contribution in [0.1, 0.15) is 25.8 Å². The van der Waals surface area contributed by atoms with Crippen molar-refractivity contribution in [3.8, 4) is 12.3 Å². The average molecular weight is 295 g/mol. The third kappa shape index (κ3) is 4.68. The quantitative estimate of drug-likeness (QED) is 0.777. The Morgan fingerprint density at radius 3 is 2.35 bits per heavy atom. The highest BCUT2D eigenvalue weighted by Gasteiger charge is 2.23. The number of sulfonamides is 1. The first-order valence-corrected chi connectivity index (χ1v) is 7.47. The molecule has 0 unspecified atom stereocenters. The van der Waals surface area contributed by atoms with Crippen molar-refractivity contribution in [3.05, 3.63) is 29.8 Å². The number of hydrogen-bond donors (Lipinski definition) is 2. The Kier molecular flexibility index (Phi) is 4.93. The maximum Gasteiger partial charge on any atom is 0.303 e. The van der Waals surface area contributed by atoms with Crippen LogP contribution in [0, 0.1) is 12.3 Å². The third-order valence-electron chi connectivity index (χ3n) is 2.61. The minimum absolute atomic E-state index is 0.00840. The van der Waals surface area contributed by atoms with Gasteiger partial charge in [0.15, 0.2) is 0 Å². The Hall–Kier alpha value is -1.84. The van der Waals surface area contributed by atoms with Gasteiger partial charge in [-0.15, -0.1) is 6.42 Å². The summed E-state index contributed by atoms with van der Waals surface area (Å²) in [4.78, 5) is 10.6. The first kappa shape index (κ1) is 16.2. The lowest BCUT2D eigenvalue weighted by Gasteiger charge is -2.19. The van der Waals surface area contributed by atoms with E-state index >= 15 is 0 Å². The Labute approximate surface area is 119 Å². The van der Waals surface area contributed by atoms with E-state index in [1.54, 1.807) is 26.0 Å². The van der Waals surface area contributed by atoms with E-state index in [1.807, 2.05) is 0 Å². The van der Waals surface area contributed by atoms with Crippen molar-refractivity contribution < 1.29 is 18.3 Å². The molecule has 0 aliphatic carbocycles. The minimum Gasteiger partial charge on any atom is -0.481 e. The average Bonchev–Trinajstić information content (AvgIpc) is 2.35. The summed E-state index contributed by atoms with van der Waals surface area (Å²) in [6.45, 7) is 3.18. The van der Waals surface area contributed by atoms with Crippen LogP contribution in [-0.4, -0.2) is 25.0 Å². The van der Waals surface area contributed by atoms with Gasteiger partial charge in [-0.2, -0.15) is 4.72 Å². The zero-order chi connectivity index (χ0) is 15.4. The fourth-order valence-electron chi connectivity index (χ4n) is 1.51. The summed E-state index contributed by atoms with van der Waals surface area (Å²) in [6, 6.07) is 6.07. The molecule has 0 fully saturated rings. The third-order valence-corrected chi connectivity index (χ3v) is 4.28. The highest BCUT2D eigenvalue weighted by atomic mass is 32.2. The molecule has 1 aromatic carbocycles. The van der Waals surface area contributed by atoms with E-state index in [-0.39, 0.29) is 11.3 Å². The van der Waals surface area contributed by atoms with Gasteiger partial charge < -0.3 is 5.11 Å². The summed E-state index contributed by atoms with van der Waals surface area (Å²) in [7, 11) is -3.69. The summed E-state index contributed by atoms with van der Waals surface area (Å²) < 4.78 is 26.6. The fourth-order valence-corrected chi connectivity index (χ4v) is 2.85. The molecule has 0 spiro atoms. The Balaban J connectivity index is 2.88. The van der Waals surface area contributed by atoms with Gasteiger partial charge in [-0.1, -0.05) is 18.1 Å². The molecule has 108 valence electrons. The van der Waals surface area contributed by atoms with Crippen molar-refractivity contribution in [2.24, 2.45) is 0 Å². The Bertz CT molecular complexity index is 624. The molecule has 0 saturated heterocycles. The van der Waals surface area contributed by atoms with Crippen molar-refractivity contribution in [2.75, 3.05) is 0 Å². The van der Waals surface area contributed by atoms with Crippen molar-refractivity contribution in [3.63, 3.8) is 0 Å². The van der Waals surface area contributed by atoms with E-state index < -0.39 is 21.5 Å². The van der Waals surface area contributed by atoms with Gasteiger partial charge >= 0.3 is 5.97 Å². The molecule has 0 heterocycles. The van der Waals surface area contributed by atoms with Crippen LogP contribution in [0.15, 0.2) is 29.2 Å². The molecule has 0 radical (unpaired) electrons. The van der Waals surface area contributed by atoms with Crippen LogP contribution in [0.25, 0.3) is 0 Å². The van der Waals surface area contributed by atoms with Crippen molar-refractivity contribution in [1.29, 1.82) is 0 Å². The van der Waals surface area contributed by atoms with Crippen LogP contribution in [0.2, 0.25) is 0 Å². The lowest BCUT2D eigenvalue weighted by atomic mass is 10.1. The molecule has 6 heteroatoms. The zero-order valence-corrected chi connectivity index (χ0v) is 12.2. The van der Waals surface area contributed by atoms with E-state index in [0.29, 0.717) is 6.42 Å². The van der Waals surface area contributed by atoms with Crippen molar-refractivity contribution >= 4 is 16.0 Å². The van der Waals surface area contributed by atoms with E-state index in [2.05, 4.69) is 10.6 Å². The van der Waals surface area contributed by atoms with E-state index in [1.165, 1.54) is 12.1 Å². The summed E-state index contributed by atoms with van der Waals surface area (Å²) in [5, 5.41) is 8.59. The van der Waals surface area contributed by atoms with Gasteiger partial charge in [-0.05, 0) is 38.0 Å². The van der Waals surface area contributed by atoms with E-state index in [0.717, 1.165) is 5.56 Å². The molecule has 0 atom stereocenters. The summed E-state index contributed by atoms with van der Waals surface area (Å²) >= 11 is 0. The lowest BCUT2D eigenvalue weighted by Crippen LogP contribution is -2.41. The van der Waals surface area contributed by atoms with E-state index in [4.69, 9.17) is 11.5 Å². The Morgan fingerprint density at radius 2 is 1.90 bits per heavy atom. The largest absolute Gasteiger partial charge is 0.481 e. The molecule has 1 rings (SSSR count). The molecule has 1 aromatic rings. The van der Waals surface area contributed by atoms with Gasteiger partial charge in [-0.3, -0.25) is 4.79 Å². The lowest BCUT2D eigenvalue weighted by molar-refractivity contribution is -0.136. The van der Waals surface area contributed by atoms with Crippen LogP contribution in [-0.2, 0) is 21.2 Å². The number of carboxylic acid groups (broad SMARTS) is 1. The van der Waals surface area contributed by atoms with Gasteiger partial charge in [0.25, 0.3) is 0 Å². The molecule has 5 nitrogen and oxygen atoms in total. The summed E-state index contributed by atoms with van der Waals surface area (Å²) in [5.41, 5.74) is -0.205.